The van der Waals surface area contributed by atoms with Crippen molar-refractivity contribution in [2.45, 2.75) is 38.3 Å². The monoisotopic (exact) mass is 256 g/mol. The number of anilines is 1. The van der Waals surface area contributed by atoms with E-state index >= 15 is 0 Å². The van der Waals surface area contributed by atoms with Gasteiger partial charge in [-0.1, -0.05) is 25.1 Å². The van der Waals surface area contributed by atoms with E-state index in [0.29, 0.717) is 12.0 Å². The number of hydrogen-bond donors (Lipinski definition) is 2. The van der Waals surface area contributed by atoms with Gasteiger partial charge in [-0.05, 0) is 37.3 Å². The van der Waals surface area contributed by atoms with Crippen molar-refractivity contribution < 1.29 is 5.11 Å². The van der Waals surface area contributed by atoms with Gasteiger partial charge in [0.1, 0.15) is 0 Å². The van der Waals surface area contributed by atoms with Crippen molar-refractivity contribution in [2.75, 3.05) is 5.32 Å². The smallest absolute Gasteiger partial charge is 0.0722 e. The first kappa shape index (κ1) is 12.4. The second-order valence-corrected chi connectivity index (χ2v) is 5.42. The fourth-order valence-electron chi connectivity index (χ4n) is 2.93. The van der Waals surface area contributed by atoms with E-state index in [1.807, 2.05) is 30.5 Å². The molecular formula is C16H20N2O. The average Bonchev–Trinajstić information content (AvgIpc) is 2.42. The molecule has 19 heavy (non-hydrogen) atoms. The minimum absolute atomic E-state index is 0.0879. The van der Waals surface area contributed by atoms with Crippen molar-refractivity contribution in [1.29, 1.82) is 0 Å². The highest BCUT2D eigenvalue weighted by Crippen LogP contribution is 2.34. The molecule has 1 heterocycles. The summed E-state index contributed by atoms with van der Waals surface area (Å²) in [6, 6.07) is 10.7. The number of benzene rings is 1. The molecule has 1 aliphatic carbocycles. The SMILES string of the molecule is CC[C@@H](Nc1ccnc2ccccc12)C1CC(O)C1. The molecule has 2 aromatic rings. The van der Waals surface area contributed by atoms with Crippen molar-refractivity contribution in [3.8, 4) is 0 Å². The van der Waals surface area contributed by atoms with Crippen molar-refractivity contribution in [2.24, 2.45) is 5.92 Å². The number of aromatic nitrogens is 1. The molecule has 3 nitrogen and oxygen atoms in total. The van der Waals surface area contributed by atoms with Crippen LogP contribution < -0.4 is 5.32 Å². The summed E-state index contributed by atoms with van der Waals surface area (Å²) in [7, 11) is 0. The van der Waals surface area contributed by atoms with Crippen LogP contribution in [0.25, 0.3) is 10.9 Å². The number of aliphatic hydroxyl groups excluding tert-OH is 1. The van der Waals surface area contributed by atoms with Gasteiger partial charge in [-0.15, -0.1) is 0 Å². The first-order valence-electron chi connectivity index (χ1n) is 7.06. The van der Waals surface area contributed by atoms with E-state index in [4.69, 9.17) is 0 Å². The number of nitrogens with zero attached hydrogens (tertiary/aromatic N) is 1. The van der Waals surface area contributed by atoms with E-state index in [1.165, 1.54) is 5.39 Å². The number of aliphatic hydroxyl groups is 1. The third kappa shape index (κ3) is 2.43. The van der Waals surface area contributed by atoms with E-state index in [2.05, 4.69) is 23.3 Å². The molecule has 0 unspecified atom stereocenters. The number of fused-ring (bicyclic) bond motifs is 1. The molecule has 0 aliphatic heterocycles. The molecule has 0 radical (unpaired) electrons. The van der Waals surface area contributed by atoms with Crippen LogP contribution >= 0.6 is 0 Å². The third-order valence-corrected chi connectivity index (χ3v) is 4.15. The predicted molar refractivity (Wildman–Crippen MR) is 78.2 cm³/mol. The summed E-state index contributed by atoms with van der Waals surface area (Å²) in [6.07, 6.45) is 4.69. The standard InChI is InChI=1S/C16H20N2O/c1-2-14(11-9-12(19)10-11)18-16-7-8-17-15-6-4-3-5-13(15)16/h3-8,11-12,14,19H,2,9-10H2,1H3,(H,17,18)/t11?,12?,14-/m1/s1. The van der Waals surface area contributed by atoms with Gasteiger partial charge in [-0.3, -0.25) is 4.98 Å². The molecule has 0 spiro atoms. The van der Waals surface area contributed by atoms with E-state index in [9.17, 15) is 5.11 Å². The van der Waals surface area contributed by atoms with Crippen LogP contribution in [0, 0.1) is 5.92 Å². The molecule has 100 valence electrons. The summed E-state index contributed by atoms with van der Waals surface area (Å²) in [4.78, 5) is 4.39. The lowest BCUT2D eigenvalue weighted by atomic mass is 9.76. The Balaban J connectivity index is 1.84. The van der Waals surface area contributed by atoms with Gasteiger partial charge in [0.15, 0.2) is 0 Å². The Bertz CT molecular complexity index is 558. The van der Waals surface area contributed by atoms with Crippen LogP contribution in [0.2, 0.25) is 0 Å². The molecule has 1 aliphatic rings. The van der Waals surface area contributed by atoms with Crippen LogP contribution in [0.3, 0.4) is 0 Å². The maximum absolute atomic E-state index is 9.46. The number of rotatable bonds is 4. The molecule has 2 N–H and O–H groups in total. The average molecular weight is 256 g/mol. The zero-order valence-corrected chi connectivity index (χ0v) is 11.2. The molecule has 1 fully saturated rings. The second kappa shape index (κ2) is 5.17. The summed E-state index contributed by atoms with van der Waals surface area (Å²) in [6.45, 7) is 2.20. The Kier molecular flexibility index (Phi) is 3.38. The molecule has 1 atom stereocenters. The topological polar surface area (TPSA) is 45.2 Å². The minimum atomic E-state index is -0.0879. The van der Waals surface area contributed by atoms with Gasteiger partial charge in [0, 0.05) is 23.3 Å². The van der Waals surface area contributed by atoms with E-state index in [0.717, 1.165) is 30.5 Å². The first-order valence-corrected chi connectivity index (χ1v) is 7.06. The van der Waals surface area contributed by atoms with Crippen LogP contribution in [-0.4, -0.2) is 22.2 Å². The molecule has 3 heteroatoms. The predicted octanol–water partition coefficient (Wildman–Crippen LogP) is 3.20. The highest BCUT2D eigenvalue weighted by molar-refractivity contribution is 5.90. The van der Waals surface area contributed by atoms with Gasteiger partial charge in [-0.25, -0.2) is 0 Å². The van der Waals surface area contributed by atoms with Crippen molar-refractivity contribution in [1.82, 2.24) is 4.98 Å². The van der Waals surface area contributed by atoms with Gasteiger partial charge < -0.3 is 10.4 Å². The number of pyridine rings is 1. The Morgan fingerprint density at radius 3 is 2.84 bits per heavy atom. The largest absolute Gasteiger partial charge is 0.393 e. The second-order valence-electron chi connectivity index (χ2n) is 5.42. The Hall–Kier alpha value is -1.61. The lowest BCUT2D eigenvalue weighted by molar-refractivity contribution is 0.0337. The zero-order chi connectivity index (χ0) is 13.2. The van der Waals surface area contributed by atoms with Crippen molar-refractivity contribution in [3.05, 3.63) is 36.5 Å². The molecule has 1 aromatic carbocycles. The number of nitrogens with one attached hydrogen (secondary N) is 1. The van der Waals surface area contributed by atoms with Crippen LogP contribution in [-0.2, 0) is 0 Å². The number of para-hydroxylation sites is 1. The van der Waals surface area contributed by atoms with Crippen molar-refractivity contribution >= 4 is 16.6 Å². The summed E-state index contributed by atoms with van der Waals surface area (Å²) in [5.41, 5.74) is 2.18. The Morgan fingerprint density at radius 1 is 1.32 bits per heavy atom. The third-order valence-electron chi connectivity index (χ3n) is 4.15. The molecule has 0 amide bonds. The molecule has 3 rings (SSSR count). The molecule has 0 bridgehead atoms. The first-order chi connectivity index (χ1) is 9.28. The lowest BCUT2D eigenvalue weighted by Gasteiger charge is -2.38. The highest BCUT2D eigenvalue weighted by Gasteiger charge is 2.33. The minimum Gasteiger partial charge on any atom is -0.393 e. The lowest BCUT2D eigenvalue weighted by Crippen LogP contribution is -2.40. The van der Waals surface area contributed by atoms with Gasteiger partial charge in [0.25, 0.3) is 0 Å². The Labute approximate surface area is 113 Å². The Morgan fingerprint density at radius 2 is 2.11 bits per heavy atom. The van der Waals surface area contributed by atoms with Crippen LogP contribution in [0.4, 0.5) is 5.69 Å². The molecule has 1 aromatic heterocycles. The van der Waals surface area contributed by atoms with Crippen molar-refractivity contribution in [3.63, 3.8) is 0 Å². The van der Waals surface area contributed by atoms with E-state index in [1.54, 1.807) is 0 Å². The zero-order valence-electron chi connectivity index (χ0n) is 11.2. The maximum atomic E-state index is 9.46. The quantitative estimate of drug-likeness (QED) is 0.883. The summed E-state index contributed by atoms with van der Waals surface area (Å²) < 4.78 is 0. The van der Waals surface area contributed by atoms with Gasteiger partial charge >= 0.3 is 0 Å². The summed E-state index contributed by atoms with van der Waals surface area (Å²) in [5.74, 6) is 0.590. The normalized spacial score (nSPS) is 23.9. The summed E-state index contributed by atoms with van der Waals surface area (Å²) >= 11 is 0. The molecular weight excluding hydrogens is 236 g/mol. The maximum Gasteiger partial charge on any atom is 0.0722 e. The van der Waals surface area contributed by atoms with Crippen LogP contribution in [0.5, 0.6) is 0 Å². The summed E-state index contributed by atoms with van der Waals surface area (Å²) in [5, 5.41) is 14.3. The van der Waals surface area contributed by atoms with E-state index in [-0.39, 0.29) is 6.10 Å². The van der Waals surface area contributed by atoms with Gasteiger partial charge in [0.05, 0.1) is 11.6 Å². The molecule has 1 saturated carbocycles. The van der Waals surface area contributed by atoms with Gasteiger partial charge in [-0.2, -0.15) is 0 Å². The fourth-order valence-corrected chi connectivity index (χ4v) is 2.93. The van der Waals surface area contributed by atoms with Crippen LogP contribution in [0.1, 0.15) is 26.2 Å². The molecule has 0 saturated heterocycles. The van der Waals surface area contributed by atoms with Crippen LogP contribution in [0.15, 0.2) is 36.5 Å². The fraction of sp³-hybridized carbons (Fsp3) is 0.438. The highest BCUT2D eigenvalue weighted by atomic mass is 16.3. The number of hydrogen-bond acceptors (Lipinski definition) is 3. The van der Waals surface area contributed by atoms with Gasteiger partial charge in [0.2, 0.25) is 0 Å². The van der Waals surface area contributed by atoms with E-state index < -0.39 is 0 Å².